The van der Waals surface area contributed by atoms with Crippen molar-refractivity contribution >= 4 is 39.2 Å². The number of carbonyl (C=O) groups is 1. The fourth-order valence-electron chi connectivity index (χ4n) is 4.75. The number of rotatable bonds is 6. The van der Waals surface area contributed by atoms with Crippen LogP contribution in [0, 0.1) is 36.5 Å². The Morgan fingerprint density at radius 1 is 1.33 bits per heavy atom. The zero-order valence-electron chi connectivity index (χ0n) is 21.8. The van der Waals surface area contributed by atoms with Crippen molar-refractivity contribution in [2.24, 2.45) is 11.3 Å². The van der Waals surface area contributed by atoms with Crippen LogP contribution in [0.15, 0.2) is 29.8 Å². The third-order valence-corrected chi connectivity index (χ3v) is 8.89. The largest absolute Gasteiger partial charge is 0.462 e. The molecule has 2 aromatic heterocycles. The predicted octanol–water partition coefficient (Wildman–Crippen LogP) is 7.79. The molecule has 0 aliphatic heterocycles. The monoisotopic (exact) mass is 519 g/mol. The molecule has 5 nitrogen and oxygen atoms in total. The van der Waals surface area contributed by atoms with E-state index in [1.54, 1.807) is 17.5 Å². The summed E-state index contributed by atoms with van der Waals surface area (Å²) in [6.45, 7) is 13.1. The summed E-state index contributed by atoms with van der Waals surface area (Å²) < 4.78 is 5.41. The molecule has 0 amide bonds. The number of nitrogens with zero attached hydrogens (tertiary/aromatic N) is 2. The van der Waals surface area contributed by atoms with E-state index in [1.165, 1.54) is 21.8 Å². The van der Waals surface area contributed by atoms with Gasteiger partial charge < -0.3 is 10.1 Å². The number of hydrogen-bond donors (Lipinski definition) is 1. The maximum atomic E-state index is 12.9. The SMILES string of the molecule is CCOC(=O)c1c(N/C=C(\C#N)c2nc(-c3ccc(C)cc3C)cs2)sc2c1CC[C@@H](C(C)(C)C)C2. The maximum absolute atomic E-state index is 12.9. The molecular weight excluding hydrogens is 486 g/mol. The van der Waals surface area contributed by atoms with Crippen molar-refractivity contribution in [3.05, 3.63) is 61.9 Å². The Bertz CT molecular complexity index is 1350. The van der Waals surface area contributed by atoms with Gasteiger partial charge in [-0.1, -0.05) is 44.5 Å². The van der Waals surface area contributed by atoms with Gasteiger partial charge in [0.05, 0.1) is 17.9 Å². The first kappa shape index (κ1) is 26.1. The molecule has 1 aliphatic carbocycles. The van der Waals surface area contributed by atoms with Crippen molar-refractivity contribution < 1.29 is 9.53 Å². The number of esters is 1. The highest BCUT2D eigenvalue weighted by Gasteiger charge is 2.34. The lowest BCUT2D eigenvalue weighted by molar-refractivity contribution is 0.0526. The second-order valence-electron chi connectivity index (χ2n) is 10.4. The van der Waals surface area contributed by atoms with Crippen LogP contribution in [0.2, 0.25) is 0 Å². The summed E-state index contributed by atoms with van der Waals surface area (Å²) in [4.78, 5) is 18.9. The zero-order valence-corrected chi connectivity index (χ0v) is 23.5. The van der Waals surface area contributed by atoms with E-state index in [4.69, 9.17) is 9.72 Å². The van der Waals surface area contributed by atoms with Crippen LogP contribution in [0.5, 0.6) is 0 Å². The third kappa shape index (κ3) is 5.40. The van der Waals surface area contributed by atoms with Gasteiger partial charge in [-0.05, 0) is 62.5 Å². The molecule has 36 heavy (non-hydrogen) atoms. The van der Waals surface area contributed by atoms with Crippen LogP contribution in [0.4, 0.5) is 5.00 Å². The first-order valence-corrected chi connectivity index (χ1v) is 14.0. The molecule has 0 fully saturated rings. The summed E-state index contributed by atoms with van der Waals surface area (Å²) >= 11 is 3.05. The Hall–Kier alpha value is -2.95. The number of fused-ring (bicyclic) bond motifs is 1. The summed E-state index contributed by atoms with van der Waals surface area (Å²) in [5.74, 6) is 0.265. The van der Waals surface area contributed by atoms with Crippen molar-refractivity contribution in [1.82, 2.24) is 4.98 Å². The topological polar surface area (TPSA) is 75.0 Å². The standard InChI is InChI=1S/C29H33N3O2S2/c1-7-34-28(33)25-22-11-9-20(29(4,5)6)13-24(22)36-27(25)31-15-19(14-30)26-32-23(16-35-26)21-10-8-17(2)12-18(21)3/h8,10,12,15-16,20,31H,7,9,11,13H2,1-6H3/b19-15+/t20-/m1/s1. The first-order valence-electron chi connectivity index (χ1n) is 12.3. The zero-order chi connectivity index (χ0) is 26.0. The van der Waals surface area contributed by atoms with Gasteiger partial charge in [0, 0.05) is 22.0 Å². The lowest BCUT2D eigenvalue weighted by atomic mass is 9.72. The summed E-state index contributed by atoms with van der Waals surface area (Å²) in [6.07, 6.45) is 4.55. The molecule has 0 spiro atoms. The number of hydrogen-bond acceptors (Lipinski definition) is 7. The van der Waals surface area contributed by atoms with Crippen LogP contribution < -0.4 is 5.32 Å². The Balaban J connectivity index is 1.64. The molecule has 4 rings (SSSR count). The van der Waals surface area contributed by atoms with Gasteiger partial charge in [0.15, 0.2) is 0 Å². The smallest absolute Gasteiger partial charge is 0.341 e. The van der Waals surface area contributed by atoms with Gasteiger partial charge >= 0.3 is 5.97 Å². The average Bonchev–Trinajstić information content (AvgIpc) is 3.43. The Labute approximate surface area is 221 Å². The van der Waals surface area contributed by atoms with Crippen LogP contribution in [-0.2, 0) is 17.6 Å². The van der Waals surface area contributed by atoms with Gasteiger partial charge in [0.1, 0.15) is 21.7 Å². The van der Waals surface area contributed by atoms with Crippen molar-refractivity contribution in [2.75, 3.05) is 11.9 Å². The van der Waals surface area contributed by atoms with Crippen molar-refractivity contribution in [2.45, 2.75) is 60.8 Å². The minimum absolute atomic E-state index is 0.214. The highest BCUT2D eigenvalue weighted by molar-refractivity contribution is 7.16. The molecule has 0 bridgehead atoms. The minimum atomic E-state index is -0.301. The van der Waals surface area contributed by atoms with E-state index in [0.717, 1.165) is 46.6 Å². The third-order valence-electron chi connectivity index (χ3n) is 6.83. The number of aryl methyl sites for hydroxylation is 2. The lowest BCUT2D eigenvalue weighted by Crippen LogP contribution is -2.26. The van der Waals surface area contributed by atoms with Crippen LogP contribution in [-0.4, -0.2) is 17.6 Å². The second-order valence-corrected chi connectivity index (χ2v) is 12.4. The van der Waals surface area contributed by atoms with E-state index in [0.29, 0.717) is 28.7 Å². The molecule has 1 aromatic carbocycles. The van der Waals surface area contributed by atoms with Gasteiger partial charge in [-0.15, -0.1) is 22.7 Å². The normalized spacial score (nSPS) is 15.8. The van der Waals surface area contributed by atoms with Crippen molar-refractivity contribution in [1.29, 1.82) is 5.26 Å². The maximum Gasteiger partial charge on any atom is 0.341 e. The predicted molar refractivity (Wildman–Crippen MR) is 149 cm³/mol. The van der Waals surface area contributed by atoms with Crippen LogP contribution in [0.25, 0.3) is 16.8 Å². The summed E-state index contributed by atoms with van der Waals surface area (Å²) in [5, 5.41) is 16.6. The Morgan fingerprint density at radius 3 is 2.78 bits per heavy atom. The number of aromatic nitrogens is 1. The number of ether oxygens (including phenoxy) is 1. The number of thiophene rings is 1. The van der Waals surface area contributed by atoms with E-state index in [-0.39, 0.29) is 11.4 Å². The molecule has 0 saturated carbocycles. The molecule has 7 heteroatoms. The Kier molecular flexibility index (Phi) is 7.67. The molecule has 1 aliphatic rings. The highest BCUT2D eigenvalue weighted by Crippen LogP contribution is 2.44. The Morgan fingerprint density at radius 2 is 2.11 bits per heavy atom. The molecular formula is C29H33N3O2S2. The van der Waals surface area contributed by atoms with Crippen LogP contribution in [0.3, 0.4) is 0 Å². The van der Waals surface area contributed by atoms with E-state index < -0.39 is 0 Å². The number of carbonyl (C=O) groups excluding carboxylic acids is 1. The summed E-state index contributed by atoms with van der Waals surface area (Å²) in [7, 11) is 0. The lowest BCUT2D eigenvalue weighted by Gasteiger charge is -2.33. The fraction of sp³-hybridized carbons (Fsp3) is 0.414. The minimum Gasteiger partial charge on any atom is -0.462 e. The van der Waals surface area contributed by atoms with E-state index >= 15 is 0 Å². The number of allylic oxidation sites excluding steroid dienone is 1. The molecule has 2 heterocycles. The van der Waals surface area contributed by atoms with Gasteiger partial charge in [-0.3, -0.25) is 0 Å². The molecule has 1 atom stereocenters. The number of benzene rings is 1. The van der Waals surface area contributed by atoms with Crippen molar-refractivity contribution in [3.8, 4) is 17.3 Å². The van der Waals surface area contributed by atoms with Crippen LogP contribution >= 0.6 is 22.7 Å². The first-order chi connectivity index (χ1) is 17.1. The molecule has 0 saturated heterocycles. The fourth-order valence-corrected chi connectivity index (χ4v) is 6.82. The molecule has 188 valence electrons. The number of nitriles is 1. The van der Waals surface area contributed by atoms with Gasteiger partial charge in [-0.2, -0.15) is 5.26 Å². The van der Waals surface area contributed by atoms with Gasteiger partial charge in [-0.25, -0.2) is 9.78 Å². The number of nitrogens with one attached hydrogen (secondary N) is 1. The summed E-state index contributed by atoms with van der Waals surface area (Å²) in [6, 6.07) is 8.56. The average molecular weight is 520 g/mol. The molecule has 3 aromatic rings. The summed E-state index contributed by atoms with van der Waals surface area (Å²) in [5.41, 5.74) is 6.66. The van der Waals surface area contributed by atoms with Crippen LogP contribution in [0.1, 0.15) is 71.0 Å². The van der Waals surface area contributed by atoms with E-state index in [2.05, 4.69) is 64.2 Å². The molecule has 0 radical (unpaired) electrons. The van der Waals surface area contributed by atoms with Gasteiger partial charge in [0.25, 0.3) is 0 Å². The van der Waals surface area contributed by atoms with Gasteiger partial charge in [0.2, 0.25) is 0 Å². The second kappa shape index (κ2) is 10.6. The molecule has 0 unspecified atom stereocenters. The molecule has 1 N–H and O–H groups in total. The number of anilines is 1. The van der Waals surface area contributed by atoms with Crippen molar-refractivity contribution in [3.63, 3.8) is 0 Å². The quantitative estimate of drug-likeness (QED) is 0.266. The highest BCUT2D eigenvalue weighted by atomic mass is 32.1. The van der Waals surface area contributed by atoms with E-state index in [1.807, 2.05) is 12.3 Å². The van der Waals surface area contributed by atoms with E-state index in [9.17, 15) is 10.1 Å². The number of thiazole rings is 1.